The zero-order chi connectivity index (χ0) is 44.9. The number of amides is 6. The summed E-state index contributed by atoms with van der Waals surface area (Å²) in [6.45, 7) is 9.22. The molecule has 8 heterocycles. The molecule has 6 aliphatic rings. The lowest BCUT2D eigenvalue weighted by atomic mass is 9.82. The molecule has 1 atom stereocenters. The maximum Gasteiger partial charge on any atom is 0.264 e. The summed E-state index contributed by atoms with van der Waals surface area (Å²) in [6.07, 6.45) is 3.57. The molecule has 2 aromatic heterocycles. The number of carbonyl (C=O) groups is 6. The first kappa shape index (κ1) is 41.7. The zero-order valence-corrected chi connectivity index (χ0v) is 36.3. The first-order valence-electron chi connectivity index (χ1n) is 22.0. The van der Waals surface area contributed by atoms with Gasteiger partial charge in [0.15, 0.2) is 5.82 Å². The van der Waals surface area contributed by atoms with Crippen LogP contribution in [0, 0.1) is 0 Å². The lowest BCUT2D eigenvalue weighted by Gasteiger charge is -2.41. The van der Waals surface area contributed by atoms with Crippen LogP contribution in [-0.4, -0.2) is 113 Å². The second kappa shape index (κ2) is 15.5. The van der Waals surface area contributed by atoms with Crippen molar-refractivity contribution in [3.8, 4) is 11.1 Å². The Hall–Kier alpha value is -6.30. The summed E-state index contributed by atoms with van der Waals surface area (Å²) < 4.78 is 33.4. The highest BCUT2D eigenvalue weighted by molar-refractivity contribution is 6.23. The number of hydrogen-bond donors (Lipinski definition) is 1. The van der Waals surface area contributed by atoms with E-state index in [-0.39, 0.29) is 53.9 Å². The second-order valence-electron chi connectivity index (χ2n) is 18.8. The third kappa shape index (κ3) is 6.96. The van der Waals surface area contributed by atoms with Crippen molar-refractivity contribution >= 4 is 46.9 Å². The highest BCUT2D eigenvalue weighted by atomic mass is 19.3. The van der Waals surface area contributed by atoms with Gasteiger partial charge in [0.25, 0.3) is 18.2 Å². The van der Waals surface area contributed by atoms with Crippen LogP contribution in [0.25, 0.3) is 11.1 Å². The first-order chi connectivity index (χ1) is 30.6. The van der Waals surface area contributed by atoms with Crippen molar-refractivity contribution in [2.45, 2.75) is 103 Å². The van der Waals surface area contributed by atoms with Crippen LogP contribution < -0.4 is 10.2 Å². The molecule has 4 aromatic rings. The van der Waals surface area contributed by atoms with Gasteiger partial charge in [-0.25, -0.2) is 8.78 Å². The van der Waals surface area contributed by atoms with E-state index in [1.165, 1.54) is 0 Å². The number of rotatable bonds is 7. The minimum absolute atomic E-state index is 0.0268. The predicted molar refractivity (Wildman–Crippen MR) is 227 cm³/mol. The molecule has 6 amide bonds. The van der Waals surface area contributed by atoms with Gasteiger partial charge in [-0.1, -0.05) is 13.8 Å². The molecule has 6 aliphatic heterocycles. The Morgan fingerprint density at radius 1 is 0.875 bits per heavy atom. The van der Waals surface area contributed by atoms with Gasteiger partial charge >= 0.3 is 0 Å². The van der Waals surface area contributed by atoms with Crippen LogP contribution in [0.15, 0.2) is 36.7 Å². The van der Waals surface area contributed by atoms with Crippen molar-refractivity contribution in [1.29, 1.82) is 0 Å². The van der Waals surface area contributed by atoms with Crippen LogP contribution >= 0.6 is 0 Å². The van der Waals surface area contributed by atoms with Gasteiger partial charge in [-0.3, -0.25) is 53.2 Å². The summed E-state index contributed by atoms with van der Waals surface area (Å²) in [5, 5.41) is 11.8. The Morgan fingerprint density at radius 2 is 1.56 bits per heavy atom. The number of nitrogens with zero attached hydrogens (tertiary/aromatic N) is 9. The average Bonchev–Trinajstić information content (AvgIpc) is 4.03. The lowest BCUT2D eigenvalue weighted by Crippen LogP contribution is -2.54. The molecule has 2 saturated heterocycles. The van der Waals surface area contributed by atoms with E-state index in [9.17, 15) is 37.5 Å². The fourth-order valence-corrected chi connectivity index (χ4v) is 10.9. The molecule has 0 bridgehead atoms. The SMILES string of the molecule is CC(=O)N1Cc2c(N3CCCc4cc(-c5cnn(C)c5)c(C(F)F)cc43)nn(C3CCN(C(=O)CN4Cc5cc6c(cc5C4)C(=O)N(C4CCC(=O)NC4=O)C6=O)CC3)c2C(C)(C)C1. The average molecular weight is 877 g/mol. The van der Waals surface area contributed by atoms with Crippen LogP contribution in [0.1, 0.15) is 120 Å². The number of aryl methyl sites for hydroxylation is 2. The van der Waals surface area contributed by atoms with Crippen LogP contribution in [0.5, 0.6) is 0 Å². The van der Waals surface area contributed by atoms with Crippen molar-refractivity contribution in [2.24, 2.45) is 7.05 Å². The predicted octanol–water partition coefficient (Wildman–Crippen LogP) is 4.53. The number of benzene rings is 2. The molecular weight excluding hydrogens is 827 g/mol. The molecule has 16 nitrogen and oxygen atoms in total. The highest BCUT2D eigenvalue weighted by Crippen LogP contribution is 2.46. The van der Waals surface area contributed by atoms with Crippen LogP contribution in [0.2, 0.25) is 0 Å². The summed E-state index contributed by atoms with van der Waals surface area (Å²) in [5.74, 6) is -1.60. The highest BCUT2D eigenvalue weighted by Gasteiger charge is 2.46. The minimum atomic E-state index is -2.71. The number of anilines is 2. The number of likely N-dealkylation sites (tertiary alicyclic amines) is 1. The molecule has 334 valence electrons. The molecular formula is C46H50F2N10O6. The first-order valence-corrected chi connectivity index (χ1v) is 22.0. The van der Waals surface area contributed by atoms with Gasteiger partial charge in [0.05, 0.1) is 42.1 Å². The molecule has 1 unspecified atom stereocenters. The largest absolute Gasteiger partial charge is 0.341 e. The Bertz CT molecular complexity index is 2640. The fraction of sp³-hybridized carbons (Fsp3) is 0.478. The van der Waals surface area contributed by atoms with Crippen LogP contribution in [0.4, 0.5) is 20.3 Å². The molecule has 0 aliphatic carbocycles. The normalized spacial score (nSPS) is 21.1. The molecule has 2 aromatic carbocycles. The second-order valence-corrected chi connectivity index (χ2v) is 18.8. The number of carbonyl (C=O) groups excluding carboxylic acids is 6. The monoisotopic (exact) mass is 876 g/mol. The fourth-order valence-electron chi connectivity index (χ4n) is 10.9. The van der Waals surface area contributed by atoms with Crippen molar-refractivity contribution in [1.82, 2.24) is 44.5 Å². The topological polar surface area (TPSA) is 166 Å². The number of halogens is 2. The molecule has 0 radical (unpaired) electrons. The third-order valence-corrected chi connectivity index (χ3v) is 14.0. The van der Waals surface area contributed by atoms with Crippen molar-refractivity contribution < 1.29 is 37.5 Å². The Labute approximate surface area is 368 Å². The van der Waals surface area contributed by atoms with E-state index in [1.807, 2.05) is 20.8 Å². The van der Waals surface area contributed by atoms with Gasteiger partial charge in [-0.05, 0) is 78.6 Å². The Morgan fingerprint density at radius 3 is 2.19 bits per heavy atom. The van der Waals surface area contributed by atoms with E-state index in [4.69, 9.17) is 5.10 Å². The quantitative estimate of drug-likeness (QED) is 0.261. The molecule has 0 spiro atoms. The van der Waals surface area contributed by atoms with E-state index in [0.717, 1.165) is 45.7 Å². The number of piperidine rings is 2. The van der Waals surface area contributed by atoms with E-state index < -0.39 is 41.5 Å². The van der Waals surface area contributed by atoms with Crippen molar-refractivity contribution in [2.75, 3.05) is 37.6 Å². The Balaban J connectivity index is 0.863. The van der Waals surface area contributed by atoms with Gasteiger partial charge in [0.2, 0.25) is 23.6 Å². The zero-order valence-electron chi connectivity index (χ0n) is 36.3. The van der Waals surface area contributed by atoms with E-state index in [1.54, 1.807) is 49.2 Å². The summed E-state index contributed by atoms with van der Waals surface area (Å²) >= 11 is 0. The summed E-state index contributed by atoms with van der Waals surface area (Å²) in [7, 11) is 1.76. The molecule has 0 saturated carbocycles. The minimum Gasteiger partial charge on any atom is -0.341 e. The van der Waals surface area contributed by atoms with Crippen molar-refractivity contribution in [3.05, 3.63) is 81.3 Å². The molecule has 10 rings (SSSR count). The lowest BCUT2D eigenvalue weighted by molar-refractivity contribution is -0.136. The van der Waals surface area contributed by atoms with Crippen molar-refractivity contribution in [3.63, 3.8) is 0 Å². The summed E-state index contributed by atoms with van der Waals surface area (Å²) in [4.78, 5) is 86.6. The van der Waals surface area contributed by atoms with E-state index in [0.29, 0.717) is 81.3 Å². The van der Waals surface area contributed by atoms with Gasteiger partial charge in [-0.15, -0.1) is 0 Å². The molecule has 1 N–H and O–H groups in total. The van der Waals surface area contributed by atoms with Crippen LogP contribution in [-0.2, 0) is 57.7 Å². The van der Waals surface area contributed by atoms with E-state index >= 15 is 0 Å². The smallest absolute Gasteiger partial charge is 0.264 e. The van der Waals surface area contributed by atoms with E-state index in [2.05, 4.69) is 33.8 Å². The third-order valence-electron chi connectivity index (χ3n) is 14.0. The number of hydrogen-bond acceptors (Lipinski definition) is 10. The van der Waals surface area contributed by atoms with Gasteiger partial charge in [-0.2, -0.15) is 10.2 Å². The molecule has 64 heavy (non-hydrogen) atoms. The molecule has 18 heteroatoms. The standard InChI is InChI=1S/C46H50F2N10O6/c1-25(59)55-22-35-40(46(2,3)24-55)58(51-42(35)56-11-5-6-26-14-31(29-18-49-52(4)19-29)32(41(47)48)17-37(26)56)30-9-12-54(13-10-30)39(61)23-53-20-27-15-33-34(16-28(27)21-53)45(64)57(44(33)63)36-7-8-38(60)50-43(36)62/h14-19,30,36,41H,5-13,20-24H2,1-4H3,(H,50,60,62). The number of fused-ring (bicyclic) bond motifs is 4. The number of nitrogens with one attached hydrogen (secondary N) is 1. The summed E-state index contributed by atoms with van der Waals surface area (Å²) in [6, 6.07) is 5.79. The Kier molecular flexibility index (Phi) is 10.1. The molecule has 2 fully saturated rings. The van der Waals surface area contributed by atoms with Crippen LogP contribution in [0.3, 0.4) is 0 Å². The maximum absolute atomic E-state index is 14.8. The number of alkyl halides is 2. The van der Waals surface area contributed by atoms with Gasteiger partial charge in [0, 0.05) is 93.7 Å². The van der Waals surface area contributed by atoms with Gasteiger partial charge in [0.1, 0.15) is 6.04 Å². The maximum atomic E-state index is 14.8. The number of imide groups is 2. The summed E-state index contributed by atoms with van der Waals surface area (Å²) in [5.41, 5.74) is 6.28. The van der Waals surface area contributed by atoms with Gasteiger partial charge < -0.3 is 14.7 Å². The number of aromatic nitrogens is 4.